The minimum atomic E-state index is -0.593. The molecule has 1 heterocycles. The Kier molecular flexibility index (Phi) is 6.44. The molecule has 3 aromatic carbocycles. The van der Waals surface area contributed by atoms with Gasteiger partial charge >= 0.3 is 0 Å². The molecule has 7 heteroatoms. The van der Waals surface area contributed by atoms with Gasteiger partial charge in [0.2, 0.25) is 0 Å². The highest BCUT2D eigenvalue weighted by molar-refractivity contribution is 6.01. The number of ether oxygens (including phenoxy) is 1. The smallest absolute Gasteiger partial charge is 0.257 e. The van der Waals surface area contributed by atoms with Gasteiger partial charge in [-0.1, -0.05) is 29.4 Å². The Bertz CT molecular complexity index is 1110. The van der Waals surface area contributed by atoms with Crippen molar-refractivity contribution in [2.45, 2.75) is 19.1 Å². The molecule has 1 aliphatic rings. The van der Waals surface area contributed by atoms with Crippen LogP contribution in [0.5, 0.6) is 5.75 Å². The maximum Gasteiger partial charge on any atom is 0.257 e. The highest BCUT2D eigenvalue weighted by Gasteiger charge is 2.28. The average molecular weight is 436 g/mol. The lowest BCUT2D eigenvalue weighted by atomic mass is 10.0. The zero-order chi connectivity index (χ0) is 22.5. The van der Waals surface area contributed by atoms with Gasteiger partial charge in [0.25, 0.3) is 5.91 Å². The summed E-state index contributed by atoms with van der Waals surface area (Å²) < 4.78 is 32.8. The summed E-state index contributed by atoms with van der Waals surface area (Å²) in [6.45, 7) is 0.388. The van der Waals surface area contributed by atoms with E-state index in [2.05, 4.69) is 5.16 Å². The van der Waals surface area contributed by atoms with E-state index in [0.717, 1.165) is 22.6 Å². The van der Waals surface area contributed by atoms with E-state index in [1.807, 2.05) is 24.3 Å². The van der Waals surface area contributed by atoms with Gasteiger partial charge in [0.15, 0.2) is 6.10 Å². The first-order valence-electron chi connectivity index (χ1n) is 10.2. The first-order valence-corrected chi connectivity index (χ1v) is 10.2. The van der Waals surface area contributed by atoms with Crippen molar-refractivity contribution in [1.82, 2.24) is 4.90 Å². The van der Waals surface area contributed by atoms with Crippen LogP contribution >= 0.6 is 0 Å². The second-order valence-corrected chi connectivity index (χ2v) is 7.49. The van der Waals surface area contributed by atoms with Crippen LogP contribution in [0.25, 0.3) is 0 Å². The Morgan fingerprint density at radius 1 is 1.06 bits per heavy atom. The summed E-state index contributed by atoms with van der Waals surface area (Å²) >= 11 is 0. The normalized spacial score (nSPS) is 15.1. The Morgan fingerprint density at radius 2 is 1.78 bits per heavy atom. The molecule has 1 amide bonds. The van der Waals surface area contributed by atoms with E-state index in [1.54, 1.807) is 25.3 Å². The number of benzene rings is 3. The molecule has 0 aliphatic carbocycles. The van der Waals surface area contributed by atoms with Crippen molar-refractivity contribution in [2.75, 3.05) is 13.7 Å². The Hall–Kier alpha value is -3.74. The molecule has 0 bridgehead atoms. The zero-order valence-electron chi connectivity index (χ0n) is 17.5. The number of nitrogens with zero attached hydrogens (tertiary/aromatic N) is 2. The molecule has 1 aliphatic heterocycles. The third-order valence-corrected chi connectivity index (χ3v) is 5.26. The van der Waals surface area contributed by atoms with E-state index >= 15 is 0 Å². The van der Waals surface area contributed by atoms with Gasteiger partial charge < -0.3 is 14.5 Å². The molecule has 0 unspecified atom stereocenters. The van der Waals surface area contributed by atoms with Crippen LogP contribution in [0.1, 0.15) is 27.9 Å². The first-order chi connectivity index (χ1) is 15.5. The molecule has 5 nitrogen and oxygen atoms in total. The summed E-state index contributed by atoms with van der Waals surface area (Å²) in [6.07, 6.45) is 0.111. The van der Waals surface area contributed by atoms with E-state index in [9.17, 15) is 13.6 Å². The predicted molar refractivity (Wildman–Crippen MR) is 117 cm³/mol. The number of halogens is 2. The van der Waals surface area contributed by atoms with Gasteiger partial charge in [0.05, 0.1) is 24.9 Å². The van der Waals surface area contributed by atoms with Crippen LogP contribution in [0, 0.1) is 11.6 Å². The van der Waals surface area contributed by atoms with Crippen molar-refractivity contribution >= 4 is 11.6 Å². The fraction of sp³-hybridized carbons (Fsp3) is 0.200. The molecule has 164 valence electrons. The lowest BCUT2D eigenvalue weighted by Gasteiger charge is -2.25. The maximum atomic E-state index is 14.3. The van der Waals surface area contributed by atoms with Gasteiger partial charge in [0, 0.05) is 13.0 Å². The van der Waals surface area contributed by atoms with Crippen LogP contribution < -0.4 is 4.74 Å². The molecule has 0 saturated heterocycles. The van der Waals surface area contributed by atoms with Crippen molar-refractivity contribution in [2.24, 2.45) is 5.16 Å². The summed E-state index contributed by atoms with van der Waals surface area (Å²) in [4.78, 5) is 20.2. The van der Waals surface area contributed by atoms with Crippen molar-refractivity contribution in [3.05, 3.63) is 101 Å². The number of hydrogen-bond donors (Lipinski definition) is 0. The molecule has 0 N–H and O–H groups in total. The molecule has 0 spiro atoms. The number of rotatable bonds is 7. The lowest BCUT2D eigenvalue weighted by Crippen LogP contribution is -2.37. The van der Waals surface area contributed by atoms with E-state index < -0.39 is 11.7 Å². The van der Waals surface area contributed by atoms with Crippen LogP contribution in [-0.4, -0.2) is 36.3 Å². The van der Waals surface area contributed by atoms with Gasteiger partial charge in [-0.25, -0.2) is 8.78 Å². The fourth-order valence-electron chi connectivity index (χ4n) is 3.56. The topological polar surface area (TPSA) is 51.1 Å². The number of amides is 1. The number of methoxy groups -OCH3 is 1. The molecule has 4 rings (SSSR count). The van der Waals surface area contributed by atoms with Crippen LogP contribution in [0.15, 0.2) is 78.0 Å². The van der Waals surface area contributed by atoms with Crippen molar-refractivity contribution in [3.63, 3.8) is 0 Å². The summed E-state index contributed by atoms with van der Waals surface area (Å²) in [5.41, 5.74) is 2.37. The average Bonchev–Trinajstić information content (AvgIpc) is 3.28. The maximum absolute atomic E-state index is 14.3. The second-order valence-electron chi connectivity index (χ2n) is 7.49. The Balaban J connectivity index is 1.50. The van der Waals surface area contributed by atoms with Crippen molar-refractivity contribution in [1.29, 1.82) is 0 Å². The zero-order valence-corrected chi connectivity index (χ0v) is 17.5. The fourth-order valence-corrected chi connectivity index (χ4v) is 3.56. The van der Waals surface area contributed by atoms with E-state index in [0.29, 0.717) is 6.42 Å². The van der Waals surface area contributed by atoms with E-state index in [-0.39, 0.29) is 30.6 Å². The number of oxime groups is 1. The summed E-state index contributed by atoms with van der Waals surface area (Å²) in [5.74, 6) is -0.679. The van der Waals surface area contributed by atoms with Crippen molar-refractivity contribution in [3.8, 4) is 5.75 Å². The third kappa shape index (κ3) is 4.94. The molecular formula is C25H22F2N2O3. The molecule has 3 aromatic rings. The molecule has 32 heavy (non-hydrogen) atoms. The Labute approximate surface area is 184 Å². The minimum absolute atomic E-state index is 0.0242. The monoisotopic (exact) mass is 436 g/mol. The highest BCUT2D eigenvalue weighted by atomic mass is 19.1. The number of carbonyl (C=O) groups is 1. The van der Waals surface area contributed by atoms with Crippen LogP contribution in [0.4, 0.5) is 8.78 Å². The number of hydrogen-bond acceptors (Lipinski definition) is 4. The number of carbonyl (C=O) groups excluding carboxylic acids is 1. The predicted octanol–water partition coefficient (Wildman–Crippen LogP) is 4.81. The van der Waals surface area contributed by atoms with Gasteiger partial charge in [-0.05, 0) is 59.7 Å². The highest BCUT2D eigenvalue weighted by Crippen LogP contribution is 2.22. The molecule has 0 radical (unpaired) electrons. The van der Waals surface area contributed by atoms with Gasteiger partial charge in [0.1, 0.15) is 17.4 Å². The van der Waals surface area contributed by atoms with Gasteiger partial charge in [-0.2, -0.15) is 0 Å². The molecule has 0 fully saturated rings. The van der Waals surface area contributed by atoms with Crippen molar-refractivity contribution < 1.29 is 23.1 Å². The van der Waals surface area contributed by atoms with Crippen LogP contribution in [0.3, 0.4) is 0 Å². The van der Waals surface area contributed by atoms with Crippen LogP contribution in [0.2, 0.25) is 0 Å². The second kappa shape index (κ2) is 9.60. The molecular weight excluding hydrogens is 414 g/mol. The van der Waals surface area contributed by atoms with Crippen LogP contribution in [-0.2, 0) is 11.4 Å². The SMILES string of the molecule is COc1ccc(C2=NO[C@H](CN(Cc3ccc(F)cc3)C(=O)c3ccccc3F)C2)cc1. The summed E-state index contributed by atoms with van der Waals surface area (Å²) in [5, 5.41) is 4.18. The first kappa shape index (κ1) is 21.5. The quantitative estimate of drug-likeness (QED) is 0.534. The summed E-state index contributed by atoms with van der Waals surface area (Å²) in [7, 11) is 1.60. The summed E-state index contributed by atoms with van der Waals surface area (Å²) in [6, 6.07) is 19.2. The van der Waals surface area contributed by atoms with E-state index in [4.69, 9.17) is 9.57 Å². The molecule has 1 atom stereocenters. The third-order valence-electron chi connectivity index (χ3n) is 5.26. The van der Waals surface area contributed by atoms with Gasteiger partial charge in [-0.15, -0.1) is 0 Å². The minimum Gasteiger partial charge on any atom is -0.497 e. The largest absolute Gasteiger partial charge is 0.497 e. The Morgan fingerprint density at radius 3 is 2.47 bits per heavy atom. The molecule has 0 aromatic heterocycles. The molecule has 0 saturated carbocycles. The van der Waals surface area contributed by atoms with Gasteiger partial charge in [-0.3, -0.25) is 4.79 Å². The standard InChI is InChI=1S/C25H22F2N2O3/c1-31-20-12-8-18(9-13-20)24-14-21(32-28-24)16-29(15-17-6-10-19(26)11-7-17)25(30)22-4-2-3-5-23(22)27/h2-13,21H,14-16H2,1H3/t21-/m0/s1. The van der Waals surface area contributed by atoms with E-state index in [1.165, 1.54) is 35.2 Å². The lowest BCUT2D eigenvalue weighted by molar-refractivity contribution is 0.0402.